The lowest BCUT2D eigenvalue weighted by atomic mass is 10.1. The van der Waals surface area contributed by atoms with E-state index in [-0.39, 0.29) is 18.3 Å². The predicted molar refractivity (Wildman–Crippen MR) is 106 cm³/mol. The summed E-state index contributed by atoms with van der Waals surface area (Å²) in [5.74, 6) is 1.07. The van der Waals surface area contributed by atoms with Crippen LogP contribution in [-0.4, -0.2) is 56.6 Å². The Hall–Kier alpha value is -3.12. The second-order valence-corrected chi connectivity index (χ2v) is 6.25. The van der Waals surface area contributed by atoms with Gasteiger partial charge in [-0.3, -0.25) is 9.59 Å². The number of benzene rings is 2. The average Bonchev–Trinajstić information content (AvgIpc) is 2.77. The van der Waals surface area contributed by atoms with Crippen LogP contribution >= 0.6 is 0 Å². The molecule has 2 aromatic rings. The lowest BCUT2D eigenvalue weighted by molar-refractivity contribution is -0.137. The van der Waals surface area contributed by atoms with E-state index >= 15 is 0 Å². The van der Waals surface area contributed by atoms with E-state index in [1.807, 2.05) is 24.3 Å². The molecular weight excluding hydrogens is 358 g/mol. The molecule has 6 nitrogen and oxygen atoms in total. The number of carbonyl (C=O) groups excluding carboxylic acids is 2. The Kier molecular flexibility index (Phi) is 6.81. The molecule has 0 N–H and O–H groups in total. The van der Waals surface area contributed by atoms with Gasteiger partial charge in [-0.2, -0.15) is 0 Å². The van der Waals surface area contributed by atoms with Crippen LogP contribution in [0.5, 0.6) is 11.5 Å². The standard InChI is InChI=1S/C22H23NO5/c1-26-21-5-3-2-4-18(21)8-11-20(24)17-6-9-19(10-7-17)28-16-22(25)23-12-14-27-15-13-23/h2-11H,12-16H2,1H3/b11-8+. The van der Waals surface area contributed by atoms with Gasteiger partial charge in [-0.1, -0.05) is 18.2 Å². The molecule has 6 heteroatoms. The summed E-state index contributed by atoms with van der Waals surface area (Å²) in [7, 11) is 1.59. The molecule has 3 rings (SSSR count). The summed E-state index contributed by atoms with van der Waals surface area (Å²) in [6.07, 6.45) is 3.24. The molecule has 0 atom stereocenters. The van der Waals surface area contributed by atoms with Crippen molar-refractivity contribution in [2.45, 2.75) is 0 Å². The van der Waals surface area contributed by atoms with Crippen LogP contribution in [0.4, 0.5) is 0 Å². The number of hydrogen-bond acceptors (Lipinski definition) is 5. The van der Waals surface area contributed by atoms with Gasteiger partial charge in [-0.25, -0.2) is 0 Å². The van der Waals surface area contributed by atoms with E-state index in [1.54, 1.807) is 42.4 Å². The predicted octanol–water partition coefficient (Wildman–Crippen LogP) is 2.83. The smallest absolute Gasteiger partial charge is 0.260 e. The number of hydrogen-bond donors (Lipinski definition) is 0. The van der Waals surface area contributed by atoms with Gasteiger partial charge in [0.2, 0.25) is 0 Å². The number of carbonyl (C=O) groups is 2. The largest absolute Gasteiger partial charge is 0.496 e. The number of ketones is 1. The van der Waals surface area contributed by atoms with Crippen molar-refractivity contribution in [2.24, 2.45) is 0 Å². The average molecular weight is 381 g/mol. The van der Waals surface area contributed by atoms with E-state index in [1.165, 1.54) is 6.08 Å². The van der Waals surface area contributed by atoms with Crippen LogP contribution < -0.4 is 9.47 Å². The zero-order chi connectivity index (χ0) is 19.8. The summed E-state index contributed by atoms with van der Waals surface area (Å²) in [4.78, 5) is 26.2. The molecule has 1 aliphatic heterocycles. The minimum absolute atomic E-state index is 0.0268. The molecule has 1 amide bonds. The van der Waals surface area contributed by atoms with Crippen molar-refractivity contribution in [3.63, 3.8) is 0 Å². The number of morpholine rings is 1. The van der Waals surface area contributed by atoms with E-state index in [0.29, 0.717) is 43.4 Å². The highest BCUT2D eigenvalue weighted by Crippen LogP contribution is 2.19. The monoisotopic (exact) mass is 381 g/mol. The van der Waals surface area contributed by atoms with E-state index in [9.17, 15) is 9.59 Å². The minimum Gasteiger partial charge on any atom is -0.496 e. The Bertz CT molecular complexity index is 838. The normalized spacial score (nSPS) is 14.1. The van der Waals surface area contributed by atoms with E-state index in [4.69, 9.17) is 14.2 Å². The van der Waals surface area contributed by atoms with Gasteiger partial charge in [0, 0.05) is 24.2 Å². The molecule has 0 saturated carbocycles. The van der Waals surface area contributed by atoms with Crippen molar-refractivity contribution in [1.29, 1.82) is 0 Å². The maximum Gasteiger partial charge on any atom is 0.260 e. The van der Waals surface area contributed by atoms with Crippen LogP contribution in [0.2, 0.25) is 0 Å². The Morgan fingerprint density at radius 3 is 2.50 bits per heavy atom. The lowest BCUT2D eigenvalue weighted by Crippen LogP contribution is -2.42. The molecule has 1 heterocycles. The zero-order valence-corrected chi connectivity index (χ0v) is 15.8. The van der Waals surface area contributed by atoms with Gasteiger partial charge < -0.3 is 19.1 Å². The van der Waals surface area contributed by atoms with E-state index < -0.39 is 0 Å². The number of allylic oxidation sites excluding steroid dienone is 1. The first-order valence-electron chi connectivity index (χ1n) is 9.11. The van der Waals surface area contributed by atoms with Gasteiger partial charge in [-0.15, -0.1) is 0 Å². The molecule has 0 aliphatic carbocycles. The summed E-state index contributed by atoms with van der Waals surface area (Å²) in [5, 5.41) is 0. The molecule has 1 aliphatic rings. The number of para-hydroxylation sites is 1. The fourth-order valence-corrected chi connectivity index (χ4v) is 2.83. The first kappa shape index (κ1) is 19.6. The first-order chi connectivity index (χ1) is 13.7. The number of amides is 1. The third-order valence-corrected chi connectivity index (χ3v) is 4.42. The molecule has 1 fully saturated rings. The Labute approximate surface area is 164 Å². The maximum absolute atomic E-state index is 12.4. The minimum atomic E-state index is -0.123. The quantitative estimate of drug-likeness (QED) is 0.545. The topological polar surface area (TPSA) is 65.1 Å². The second kappa shape index (κ2) is 9.71. The molecule has 1 saturated heterocycles. The van der Waals surface area contributed by atoms with Crippen LogP contribution in [0, 0.1) is 0 Å². The fraction of sp³-hybridized carbons (Fsp3) is 0.273. The second-order valence-electron chi connectivity index (χ2n) is 6.25. The SMILES string of the molecule is COc1ccccc1/C=C/C(=O)c1ccc(OCC(=O)N2CCOCC2)cc1. The molecule has 0 unspecified atom stereocenters. The molecule has 28 heavy (non-hydrogen) atoms. The molecule has 0 aromatic heterocycles. The molecule has 0 radical (unpaired) electrons. The van der Waals surface area contributed by atoms with E-state index in [2.05, 4.69) is 0 Å². The summed E-state index contributed by atoms with van der Waals surface area (Å²) >= 11 is 0. The van der Waals surface area contributed by atoms with Crippen molar-refractivity contribution in [3.8, 4) is 11.5 Å². The van der Waals surface area contributed by atoms with Gasteiger partial charge in [0.25, 0.3) is 5.91 Å². The van der Waals surface area contributed by atoms with Crippen LogP contribution in [0.15, 0.2) is 54.6 Å². The van der Waals surface area contributed by atoms with Crippen molar-refractivity contribution in [2.75, 3.05) is 40.0 Å². The highest BCUT2D eigenvalue weighted by molar-refractivity contribution is 6.07. The highest BCUT2D eigenvalue weighted by atomic mass is 16.5. The summed E-state index contributed by atoms with van der Waals surface area (Å²) < 4.78 is 16.0. The fourth-order valence-electron chi connectivity index (χ4n) is 2.83. The van der Waals surface area contributed by atoms with Crippen LogP contribution in [-0.2, 0) is 9.53 Å². The van der Waals surface area contributed by atoms with Gasteiger partial charge >= 0.3 is 0 Å². The summed E-state index contributed by atoms with van der Waals surface area (Å²) in [5.41, 5.74) is 1.37. The number of rotatable bonds is 7. The summed E-state index contributed by atoms with van der Waals surface area (Å²) in [6, 6.07) is 14.2. The molecule has 2 aromatic carbocycles. The third-order valence-electron chi connectivity index (χ3n) is 4.42. The van der Waals surface area contributed by atoms with E-state index in [0.717, 1.165) is 5.56 Å². The van der Waals surface area contributed by atoms with Crippen molar-refractivity contribution < 1.29 is 23.8 Å². The Morgan fingerprint density at radius 2 is 1.79 bits per heavy atom. The number of methoxy groups -OCH3 is 1. The Morgan fingerprint density at radius 1 is 1.07 bits per heavy atom. The molecule has 0 bridgehead atoms. The third kappa shape index (κ3) is 5.20. The Balaban J connectivity index is 1.55. The van der Waals surface area contributed by atoms with Crippen LogP contribution in [0.25, 0.3) is 6.08 Å². The van der Waals surface area contributed by atoms with Crippen LogP contribution in [0.3, 0.4) is 0 Å². The lowest BCUT2D eigenvalue weighted by Gasteiger charge is -2.26. The van der Waals surface area contributed by atoms with Crippen molar-refractivity contribution in [1.82, 2.24) is 4.90 Å². The van der Waals surface area contributed by atoms with Crippen molar-refractivity contribution in [3.05, 3.63) is 65.7 Å². The zero-order valence-electron chi connectivity index (χ0n) is 15.8. The highest BCUT2D eigenvalue weighted by Gasteiger charge is 2.17. The molecular formula is C22H23NO5. The van der Waals surface area contributed by atoms with Gasteiger partial charge in [0.15, 0.2) is 12.4 Å². The first-order valence-corrected chi connectivity index (χ1v) is 9.11. The van der Waals surface area contributed by atoms with Gasteiger partial charge in [0.05, 0.1) is 20.3 Å². The van der Waals surface area contributed by atoms with Gasteiger partial charge in [0.1, 0.15) is 11.5 Å². The van der Waals surface area contributed by atoms with Gasteiger partial charge in [-0.05, 0) is 42.5 Å². The molecule has 146 valence electrons. The maximum atomic E-state index is 12.4. The number of ether oxygens (including phenoxy) is 3. The molecule has 0 spiro atoms. The van der Waals surface area contributed by atoms with Crippen molar-refractivity contribution >= 4 is 17.8 Å². The number of nitrogens with zero attached hydrogens (tertiary/aromatic N) is 1. The summed E-state index contributed by atoms with van der Waals surface area (Å²) in [6.45, 7) is 2.28. The van der Waals surface area contributed by atoms with Crippen LogP contribution in [0.1, 0.15) is 15.9 Å².